The molecule has 82 valence electrons. The average molecular weight is 426 g/mol. The third kappa shape index (κ3) is 2.80. The molecule has 0 bridgehead atoms. The minimum Gasteiger partial charge on any atom is -0.258 e. The van der Waals surface area contributed by atoms with Crippen molar-refractivity contribution in [1.82, 2.24) is 0 Å². The summed E-state index contributed by atoms with van der Waals surface area (Å²) in [6.45, 7) is 0. The number of hydrogen-bond donors (Lipinski definition) is 0. The van der Waals surface area contributed by atoms with Gasteiger partial charge in [-0.05, 0) is 50.7 Å². The molecule has 15 heavy (non-hydrogen) atoms. The number of nitro groups is 1. The van der Waals surface area contributed by atoms with Gasteiger partial charge < -0.3 is 0 Å². The van der Waals surface area contributed by atoms with Gasteiger partial charge in [0, 0.05) is 10.7 Å². The summed E-state index contributed by atoms with van der Waals surface area (Å²) >= 11 is 4.54. The Labute approximate surface area is 112 Å². The zero-order valence-corrected chi connectivity index (χ0v) is 12.1. The minimum atomic E-state index is -3.97. The van der Waals surface area contributed by atoms with Crippen LogP contribution in [-0.2, 0) is 9.05 Å². The van der Waals surface area contributed by atoms with Crippen LogP contribution in [0.15, 0.2) is 21.5 Å². The standard InChI is InChI=1S/C6H2BrClINO4S/c7-3-1-2-4(15(8,13)14)5(9)6(3)10(11)12/h1-2H. The molecule has 0 amide bonds. The first kappa shape index (κ1) is 13.1. The average Bonchev–Trinajstić information content (AvgIpc) is 2.00. The molecule has 0 saturated carbocycles. The van der Waals surface area contributed by atoms with Crippen molar-refractivity contribution in [2.45, 2.75) is 4.90 Å². The second kappa shape index (κ2) is 4.52. The Balaban J connectivity index is 3.64. The first-order valence-electron chi connectivity index (χ1n) is 3.32. The maximum Gasteiger partial charge on any atom is 0.298 e. The van der Waals surface area contributed by atoms with Gasteiger partial charge >= 0.3 is 0 Å². The largest absolute Gasteiger partial charge is 0.298 e. The molecular weight excluding hydrogens is 424 g/mol. The van der Waals surface area contributed by atoms with Gasteiger partial charge in [-0.1, -0.05) is 0 Å². The van der Waals surface area contributed by atoms with E-state index in [4.69, 9.17) is 10.7 Å². The van der Waals surface area contributed by atoms with Crippen LogP contribution in [0.1, 0.15) is 0 Å². The van der Waals surface area contributed by atoms with Crippen molar-refractivity contribution in [3.63, 3.8) is 0 Å². The molecule has 0 radical (unpaired) electrons. The van der Waals surface area contributed by atoms with Crippen molar-refractivity contribution in [2.24, 2.45) is 0 Å². The summed E-state index contributed by atoms with van der Waals surface area (Å²) in [6, 6.07) is 2.48. The third-order valence-corrected chi connectivity index (χ3v) is 4.94. The molecule has 1 aromatic rings. The first-order valence-corrected chi connectivity index (χ1v) is 7.50. The van der Waals surface area contributed by atoms with E-state index in [0.717, 1.165) is 0 Å². The van der Waals surface area contributed by atoms with E-state index < -0.39 is 14.0 Å². The number of benzene rings is 1. The molecule has 0 heterocycles. The Bertz CT molecular complexity index is 532. The van der Waals surface area contributed by atoms with Crippen LogP contribution in [0.5, 0.6) is 0 Å². The zero-order chi connectivity index (χ0) is 11.8. The molecule has 0 saturated heterocycles. The van der Waals surface area contributed by atoms with E-state index in [9.17, 15) is 18.5 Å². The monoisotopic (exact) mass is 425 g/mol. The summed E-state index contributed by atoms with van der Waals surface area (Å²) in [6.07, 6.45) is 0. The molecule has 1 aromatic carbocycles. The summed E-state index contributed by atoms with van der Waals surface area (Å²) in [4.78, 5) is 9.72. The first-order chi connectivity index (χ1) is 6.75. The Kier molecular flexibility index (Phi) is 3.95. The van der Waals surface area contributed by atoms with Gasteiger partial charge in [-0.25, -0.2) is 8.42 Å². The van der Waals surface area contributed by atoms with E-state index in [1.165, 1.54) is 12.1 Å². The second-order valence-electron chi connectivity index (χ2n) is 2.40. The second-order valence-corrected chi connectivity index (χ2v) is 6.87. The fraction of sp³-hybridized carbons (Fsp3) is 0. The molecule has 0 aliphatic carbocycles. The molecule has 9 heteroatoms. The Morgan fingerprint density at radius 1 is 1.47 bits per heavy atom. The Morgan fingerprint density at radius 2 is 2.00 bits per heavy atom. The van der Waals surface area contributed by atoms with Gasteiger partial charge in [-0.15, -0.1) is 0 Å². The smallest absolute Gasteiger partial charge is 0.258 e. The van der Waals surface area contributed by atoms with Gasteiger partial charge in [0.25, 0.3) is 14.7 Å². The Morgan fingerprint density at radius 3 is 2.40 bits per heavy atom. The molecule has 0 aliphatic heterocycles. The molecule has 0 aromatic heterocycles. The van der Waals surface area contributed by atoms with Crippen molar-refractivity contribution < 1.29 is 13.3 Å². The summed E-state index contributed by atoms with van der Waals surface area (Å²) in [5.74, 6) is 0. The van der Waals surface area contributed by atoms with Crippen LogP contribution >= 0.6 is 49.2 Å². The summed E-state index contributed by atoms with van der Waals surface area (Å²) in [5.41, 5.74) is -0.308. The normalized spacial score (nSPS) is 11.4. The van der Waals surface area contributed by atoms with Crippen LogP contribution in [0.2, 0.25) is 0 Å². The molecule has 0 N–H and O–H groups in total. The minimum absolute atomic E-state index is 0.0121. The fourth-order valence-corrected chi connectivity index (χ4v) is 4.58. The molecule has 1 rings (SSSR count). The van der Waals surface area contributed by atoms with Gasteiger partial charge in [0.05, 0.1) is 9.40 Å². The highest BCUT2D eigenvalue weighted by Crippen LogP contribution is 2.35. The molecule has 0 aliphatic rings. The Hall–Kier alpha value is 0.0700. The lowest BCUT2D eigenvalue weighted by Crippen LogP contribution is -2.00. The van der Waals surface area contributed by atoms with Crippen molar-refractivity contribution in [2.75, 3.05) is 0 Å². The van der Waals surface area contributed by atoms with E-state index in [1.54, 1.807) is 22.6 Å². The topological polar surface area (TPSA) is 77.3 Å². The molecule has 0 fully saturated rings. The van der Waals surface area contributed by atoms with Crippen LogP contribution < -0.4 is 0 Å². The van der Waals surface area contributed by atoms with Gasteiger partial charge in [0.1, 0.15) is 8.47 Å². The highest BCUT2D eigenvalue weighted by Gasteiger charge is 2.25. The third-order valence-electron chi connectivity index (χ3n) is 1.48. The van der Waals surface area contributed by atoms with Crippen LogP contribution in [0.3, 0.4) is 0 Å². The quantitative estimate of drug-likeness (QED) is 0.315. The van der Waals surface area contributed by atoms with Crippen LogP contribution in [0, 0.1) is 13.7 Å². The summed E-state index contributed by atoms with van der Waals surface area (Å²) in [5, 5.41) is 10.7. The van der Waals surface area contributed by atoms with Crippen molar-refractivity contribution >= 4 is 63.9 Å². The maximum atomic E-state index is 11.1. The van der Waals surface area contributed by atoms with E-state index in [0.29, 0.717) is 0 Å². The predicted molar refractivity (Wildman–Crippen MR) is 66.6 cm³/mol. The number of hydrogen-bond acceptors (Lipinski definition) is 4. The number of nitrogens with zero attached hydrogens (tertiary/aromatic N) is 1. The van der Waals surface area contributed by atoms with Crippen molar-refractivity contribution in [3.8, 4) is 0 Å². The van der Waals surface area contributed by atoms with E-state index in [2.05, 4.69) is 15.9 Å². The van der Waals surface area contributed by atoms with Gasteiger partial charge in [-0.2, -0.15) is 0 Å². The lowest BCUT2D eigenvalue weighted by molar-refractivity contribution is -0.386. The zero-order valence-electron chi connectivity index (χ0n) is 6.78. The van der Waals surface area contributed by atoms with Crippen molar-refractivity contribution in [3.05, 3.63) is 30.3 Å². The molecule has 5 nitrogen and oxygen atoms in total. The van der Waals surface area contributed by atoms with Gasteiger partial charge in [-0.3, -0.25) is 10.1 Å². The summed E-state index contributed by atoms with van der Waals surface area (Å²) in [7, 11) is 1.16. The SMILES string of the molecule is O=[N+]([O-])c1c(Br)ccc(S(=O)(=O)Cl)c1I. The number of nitro benzene ring substituents is 1. The highest BCUT2D eigenvalue weighted by molar-refractivity contribution is 14.1. The lowest BCUT2D eigenvalue weighted by atomic mass is 10.3. The van der Waals surface area contributed by atoms with Crippen LogP contribution in [-0.4, -0.2) is 13.3 Å². The van der Waals surface area contributed by atoms with E-state index in [1.807, 2.05) is 0 Å². The number of rotatable bonds is 2. The number of halogens is 3. The van der Waals surface area contributed by atoms with Crippen LogP contribution in [0.25, 0.3) is 0 Å². The van der Waals surface area contributed by atoms with E-state index >= 15 is 0 Å². The lowest BCUT2D eigenvalue weighted by Gasteiger charge is -2.02. The highest BCUT2D eigenvalue weighted by atomic mass is 127. The maximum absolute atomic E-state index is 11.1. The predicted octanol–water partition coefficient (Wildman–Crippen LogP) is 2.89. The van der Waals surface area contributed by atoms with Crippen molar-refractivity contribution in [1.29, 1.82) is 0 Å². The molecule has 0 spiro atoms. The molecule has 0 atom stereocenters. The molecule has 0 unspecified atom stereocenters. The summed E-state index contributed by atoms with van der Waals surface area (Å²) < 4.78 is 22.3. The van der Waals surface area contributed by atoms with Gasteiger partial charge in [0.15, 0.2) is 0 Å². The van der Waals surface area contributed by atoms with Crippen LogP contribution in [0.4, 0.5) is 5.69 Å². The van der Waals surface area contributed by atoms with E-state index in [-0.39, 0.29) is 18.6 Å². The molecular formula is C6H2BrClINO4S. The van der Waals surface area contributed by atoms with Gasteiger partial charge in [0.2, 0.25) is 0 Å². The fourth-order valence-electron chi connectivity index (χ4n) is 0.878.